The number of likely N-dealkylation sites (tertiary alicyclic amines) is 1. The van der Waals surface area contributed by atoms with Crippen molar-refractivity contribution < 1.29 is 13.9 Å². The van der Waals surface area contributed by atoms with Gasteiger partial charge >= 0.3 is 0 Å². The fourth-order valence-electron chi connectivity index (χ4n) is 3.89. The van der Waals surface area contributed by atoms with Crippen LogP contribution in [0.3, 0.4) is 0 Å². The van der Waals surface area contributed by atoms with E-state index in [1.165, 1.54) is 12.1 Å². The van der Waals surface area contributed by atoms with Crippen LogP contribution < -0.4 is 0 Å². The van der Waals surface area contributed by atoms with Crippen LogP contribution in [0.5, 0.6) is 0 Å². The molecule has 0 saturated carbocycles. The maximum Gasteiger partial charge on any atom is 0.253 e. The molecule has 1 aromatic carbocycles. The summed E-state index contributed by atoms with van der Waals surface area (Å²) >= 11 is 0. The molecule has 1 amide bonds. The highest BCUT2D eigenvalue weighted by atomic mass is 19.1. The summed E-state index contributed by atoms with van der Waals surface area (Å²) in [5.74, 6) is 0.348. The number of hydrogen-bond donors (Lipinski definition) is 0. The van der Waals surface area contributed by atoms with Crippen molar-refractivity contribution in [3.05, 3.63) is 35.6 Å². The standard InChI is InChI=1S/C19H27FN2O2/c1-14-11-21(12-15(2)24-14)13-16-7-9-22(10-8-16)19(23)17-3-5-18(20)6-4-17/h3-6,14-16H,7-13H2,1-2H3. The van der Waals surface area contributed by atoms with E-state index in [0.29, 0.717) is 23.7 Å². The smallest absolute Gasteiger partial charge is 0.253 e. The summed E-state index contributed by atoms with van der Waals surface area (Å²) in [6.45, 7) is 8.93. The molecule has 4 nitrogen and oxygen atoms in total. The number of carbonyl (C=O) groups excluding carboxylic acids is 1. The number of nitrogens with zero attached hydrogens (tertiary/aromatic N) is 2. The van der Waals surface area contributed by atoms with Crippen LogP contribution in [0.15, 0.2) is 24.3 Å². The van der Waals surface area contributed by atoms with Gasteiger partial charge in [-0.1, -0.05) is 0 Å². The van der Waals surface area contributed by atoms with Crippen molar-refractivity contribution in [2.24, 2.45) is 5.92 Å². The first-order valence-corrected chi connectivity index (χ1v) is 8.94. The highest BCUT2D eigenvalue weighted by molar-refractivity contribution is 5.94. The van der Waals surface area contributed by atoms with Gasteiger partial charge in [-0.3, -0.25) is 9.69 Å². The van der Waals surface area contributed by atoms with Gasteiger partial charge in [-0.05, 0) is 56.9 Å². The fourth-order valence-corrected chi connectivity index (χ4v) is 3.89. The van der Waals surface area contributed by atoms with Crippen molar-refractivity contribution in [1.82, 2.24) is 9.80 Å². The molecular formula is C19H27FN2O2. The van der Waals surface area contributed by atoms with E-state index >= 15 is 0 Å². The number of benzene rings is 1. The number of morpholine rings is 1. The number of carbonyl (C=O) groups is 1. The lowest BCUT2D eigenvalue weighted by atomic mass is 9.95. The maximum absolute atomic E-state index is 13.0. The molecule has 2 fully saturated rings. The van der Waals surface area contributed by atoms with Gasteiger partial charge in [-0.25, -0.2) is 4.39 Å². The van der Waals surface area contributed by atoms with Crippen LogP contribution in [-0.4, -0.2) is 60.6 Å². The molecule has 2 unspecified atom stereocenters. The summed E-state index contributed by atoms with van der Waals surface area (Å²) in [6.07, 6.45) is 2.67. The van der Waals surface area contributed by atoms with Crippen LogP contribution in [0.25, 0.3) is 0 Å². The number of ether oxygens (including phenoxy) is 1. The van der Waals surface area contributed by atoms with E-state index in [9.17, 15) is 9.18 Å². The van der Waals surface area contributed by atoms with Gasteiger partial charge in [0.05, 0.1) is 12.2 Å². The molecular weight excluding hydrogens is 307 g/mol. The molecule has 0 N–H and O–H groups in total. The molecule has 24 heavy (non-hydrogen) atoms. The van der Waals surface area contributed by atoms with E-state index in [0.717, 1.165) is 45.6 Å². The summed E-state index contributed by atoms with van der Waals surface area (Å²) in [5, 5.41) is 0. The molecule has 0 spiro atoms. The summed E-state index contributed by atoms with van der Waals surface area (Å²) in [6, 6.07) is 5.84. The largest absolute Gasteiger partial charge is 0.373 e. The number of halogens is 1. The van der Waals surface area contributed by atoms with Gasteiger partial charge in [-0.15, -0.1) is 0 Å². The second kappa shape index (κ2) is 7.62. The normalized spacial score (nSPS) is 26.5. The molecule has 1 aromatic rings. The van der Waals surface area contributed by atoms with Gasteiger partial charge in [0.15, 0.2) is 0 Å². The number of piperidine rings is 1. The van der Waals surface area contributed by atoms with E-state index in [2.05, 4.69) is 18.7 Å². The average molecular weight is 334 g/mol. The summed E-state index contributed by atoms with van der Waals surface area (Å²) < 4.78 is 18.8. The van der Waals surface area contributed by atoms with Gasteiger partial charge in [0.25, 0.3) is 5.91 Å². The zero-order valence-electron chi connectivity index (χ0n) is 14.6. The minimum absolute atomic E-state index is 0.0158. The second-order valence-corrected chi connectivity index (χ2v) is 7.22. The van der Waals surface area contributed by atoms with E-state index in [1.807, 2.05) is 4.90 Å². The van der Waals surface area contributed by atoms with E-state index in [1.54, 1.807) is 12.1 Å². The minimum atomic E-state index is -0.306. The van der Waals surface area contributed by atoms with Crippen molar-refractivity contribution in [1.29, 1.82) is 0 Å². The molecule has 2 atom stereocenters. The molecule has 0 aliphatic carbocycles. The molecule has 132 valence electrons. The first-order valence-electron chi connectivity index (χ1n) is 8.94. The van der Waals surface area contributed by atoms with E-state index in [4.69, 9.17) is 4.74 Å². The van der Waals surface area contributed by atoms with Crippen LogP contribution in [0.2, 0.25) is 0 Å². The Morgan fingerprint density at radius 2 is 1.71 bits per heavy atom. The van der Waals surface area contributed by atoms with Gasteiger partial charge in [0, 0.05) is 38.3 Å². The highest BCUT2D eigenvalue weighted by Crippen LogP contribution is 2.22. The Morgan fingerprint density at radius 3 is 2.29 bits per heavy atom. The van der Waals surface area contributed by atoms with Crippen molar-refractivity contribution in [2.45, 2.75) is 38.9 Å². The molecule has 5 heteroatoms. The molecule has 2 aliphatic heterocycles. The molecule has 0 aromatic heterocycles. The van der Waals surface area contributed by atoms with Crippen molar-refractivity contribution in [2.75, 3.05) is 32.7 Å². The predicted molar refractivity (Wildman–Crippen MR) is 91.5 cm³/mol. The summed E-state index contributed by atoms with van der Waals surface area (Å²) in [7, 11) is 0. The summed E-state index contributed by atoms with van der Waals surface area (Å²) in [5.41, 5.74) is 0.575. The molecule has 0 radical (unpaired) electrons. The highest BCUT2D eigenvalue weighted by Gasteiger charge is 2.28. The number of rotatable bonds is 3. The Labute approximate surface area is 143 Å². The second-order valence-electron chi connectivity index (χ2n) is 7.22. The van der Waals surface area contributed by atoms with Crippen LogP contribution in [0.1, 0.15) is 37.0 Å². The van der Waals surface area contributed by atoms with E-state index < -0.39 is 0 Å². The number of amides is 1. The quantitative estimate of drug-likeness (QED) is 0.852. The Balaban J connectivity index is 1.48. The predicted octanol–water partition coefficient (Wildman–Crippen LogP) is 2.79. The Morgan fingerprint density at radius 1 is 1.12 bits per heavy atom. The SMILES string of the molecule is CC1CN(CC2CCN(C(=O)c3ccc(F)cc3)CC2)CC(C)O1. The third-order valence-corrected chi connectivity index (χ3v) is 5.00. The van der Waals surface area contributed by atoms with Crippen molar-refractivity contribution in [3.8, 4) is 0 Å². The van der Waals surface area contributed by atoms with Crippen LogP contribution >= 0.6 is 0 Å². The molecule has 2 saturated heterocycles. The Bertz CT molecular complexity index is 545. The van der Waals surface area contributed by atoms with Crippen LogP contribution in [0.4, 0.5) is 4.39 Å². The molecule has 0 bridgehead atoms. The van der Waals surface area contributed by atoms with Crippen molar-refractivity contribution >= 4 is 5.91 Å². The van der Waals surface area contributed by atoms with E-state index in [-0.39, 0.29) is 11.7 Å². The molecule has 3 rings (SSSR count). The first kappa shape index (κ1) is 17.4. The average Bonchev–Trinajstić information content (AvgIpc) is 2.55. The fraction of sp³-hybridized carbons (Fsp3) is 0.632. The van der Waals surface area contributed by atoms with Crippen LogP contribution in [0, 0.1) is 11.7 Å². The first-order chi connectivity index (χ1) is 11.5. The lowest BCUT2D eigenvalue weighted by molar-refractivity contribution is -0.0728. The number of hydrogen-bond acceptors (Lipinski definition) is 3. The Kier molecular flexibility index (Phi) is 5.51. The molecule has 2 aliphatic rings. The zero-order valence-corrected chi connectivity index (χ0v) is 14.6. The third-order valence-electron chi connectivity index (χ3n) is 5.00. The lowest BCUT2D eigenvalue weighted by Gasteiger charge is -2.39. The van der Waals surface area contributed by atoms with Gasteiger partial charge in [-0.2, -0.15) is 0 Å². The van der Waals surface area contributed by atoms with Crippen molar-refractivity contribution in [3.63, 3.8) is 0 Å². The van der Waals surface area contributed by atoms with Crippen LogP contribution in [-0.2, 0) is 4.74 Å². The van der Waals surface area contributed by atoms with Gasteiger partial charge < -0.3 is 9.64 Å². The monoisotopic (exact) mass is 334 g/mol. The lowest BCUT2D eigenvalue weighted by Crippen LogP contribution is -2.48. The van der Waals surface area contributed by atoms with Gasteiger partial charge in [0.2, 0.25) is 0 Å². The maximum atomic E-state index is 13.0. The topological polar surface area (TPSA) is 32.8 Å². The van der Waals surface area contributed by atoms with Gasteiger partial charge in [0.1, 0.15) is 5.82 Å². The minimum Gasteiger partial charge on any atom is -0.373 e. The molecule has 2 heterocycles. The zero-order chi connectivity index (χ0) is 17.1. The summed E-state index contributed by atoms with van der Waals surface area (Å²) in [4.78, 5) is 16.9. The third kappa shape index (κ3) is 4.33. The Hall–Kier alpha value is -1.46.